The zero-order chi connectivity index (χ0) is 12.0. The van der Waals surface area contributed by atoms with Crippen LogP contribution in [0.1, 0.15) is 39.5 Å². The van der Waals surface area contributed by atoms with Crippen LogP contribution in [-0.2, 0) is 4.79 Å². The highest BCUT2D eigenvalue weighted by molar-refractivity contribution is 7.99. The van der Waals surface area contributed by atoms with Gasteiger partial charge in [0.05, 0.1) is 0 Å². The van der Waals surface area contributed by atoms with Crippen LogP contribution in [0, 0.1) is 0 Å². The molecule has 1 aliphatic rings. The molecule has 0 aromatic carbocycles. The van der Waals surface area contributed by atoms with Gasteiger partial charge in [0.1, 0.15) is 0 Å². The van der Waals surface area contributed by atoms with Gasteiger partial charge in [0.2, 0.25) is 5.91 Å². The average Bonchev–Trinajstić information content (AvgIpc) is 2.65. The maximum Gasteiger partial charge on any atom is 0.221 e. The fourth-order valence-electron chi connectivity index (χ4n) is 2.27. The van der Waals surface area contributed by atoms with Gasteiger partial charge in [0, 0.05) is 23.8 Å². The molecule has 16 heavy (non-hydrogen) atoms. The maximum absolute atomic E-state index is 11.7. The highest BCUT2D eigenvalue weighted by atomic mass is 32.2. The van der Waals surface area contributed by atoms with Crippen molar-refractivity contribution in [2.75, 3.05) is 12.8 Å². The van der Waals surface area contributed by atoms with Gasteiger partial charge < -0.3 is 10.6 Å². The number of hydrogen-bond donors (Lipinski definition) is 2. The molecule has 3 atom stereocenters. The Hall–Kier alpha value is -0.220. The molecule has 3 nitrogen and oxygen atoms in total. The summed E-state index contributed by atoms with van der Waals surface area (Å²) in [4.78, 5) is 11.7. The molecule has 0 spiro atoms. The molecule has 0 radical (unpaired) electrons. The number of nitrogens with one attached hydrogen (secondary N) is 2. The summed E-state index contributed by atoms with van der Waals surface area (Å²) in [6, 6.07) is 0.696. The summed E-state index contributed by atoms with van der Waals surface area (Å²) >= 11 is 1.92. The minimum Gasteiger partial charge on any atom is -0.353 e. The van der Waals surface area contributed by atoms with Gasteiger partial charge in [0.15, 0.2) is 0 Å². The topological polar surface area (TPSA) is 41.1 Å². The molecule has 0 aromatic rings. The number of thioether (sulfide) groups is 1. The van der Waals surface area contributed by atoms with Crippen molar-refractivity contribution >= 4 is 17.7 Å². The summed E-state index contributed by atoms with van der Waals surface area (Å²) in [7, 11) is 0. The number of amides is 1. The first kappa shape index (κ1) is 13.8. The highest BCUT2D eigenvalue weighted by Crippen LogP contribution is 2.28. The Balaban J connectivity index is 2.19. The van der Waals surface area contributed by atoms with Crippen LogP contribution >= 0.6 is 11.8 Å². The van der Waals surface area contributed by atoms with E-state index in [1.54, 1.807) is 0 Å². The van der Waals surface area contributed by atoms with Crippen molar-refractivity contribution in [1.29, 1.82) is 0 Å². The number of hydrogen-bond acceptors (Lipinski definition) is 3. The average molecular weight is 244 g/mol. The van der Waals surface area contributed by atoms with E-state index in [1.807, 2.05) is 11.8 Å². The lowest BCUT2D eigenvalue weighted by Gasteiger charge is -2.16. The summed E-state index contributed by atoms with van der Waals surface area (Å²) in [6.45, 7) is 5.04. The Bertz CT molecular complexity index is 223. The molecule has 94 valence electrons. The number of carbonyl (C=O) groups excluding carboxylic acids is 1. The van der Waals surface area contributed by atoms with Crippen molar-refractivity contribution < 1.29 is 4.79 Å². The van der Waals surface area contributed by atoms with Crippen LogP contribution in [0.2, 0.25) is 0 Å². The molecular formula is C12H24N2OS. The molecule has 0 aliphatic heterocycles. The lowest BCUT2D eigenvalue weighted by atomic mass is 10.2. The lowest BCUT2D eigenvalue weighted by Crippen LogP contribution is -2.38. The molecule has 0 aromatic heterocycles. The van der Waals surface area contributed by atoms with Crippen LogP contribution in [-0.4, -0.2) is 36.0 Å². The standard InChI is InChI=1S/C12H24N2OS/c1-4-13-9(2)7-12(15)14-10-5-6-11(8-10)16-3/h9-11,13H,4-8H2,1-3H3,(H,14,15). The molecule has 4 heteroatoms. The Morgan fingerprint density at radius 3 is 2.81 bits per heavy atom. The van der Waals surface area contributed by atoms with E-state index in [0.717, 1.165) is 24.6 Å². The van der Waals surface area contributed by atoms with E-state index in [1.165, 1.54) is 6.42 Å². The van der Waals surface area contributed by atoms with Crippen LogP contribution in [0.5, 0.6) is 0 Å². The minimum absolute atomic E-state index is 0.195. The minimum atomic E-state index is 0.195. The normalized spacial score (nSPS) is 26.7. The van der Waals surface area contributed by atoms with E-state index in [2.05, 4.69) is 30.7 Å². The van der Waals surface area contributed by atoms with Gasteiger partial charge in [-0.05, 0) is 39.0 Å². The fourth-order valence-corrected chi connectivity index (χ4v) is 3.07. The van der Waals surface area contributed by atoms with Crippen molar-refractivity contribution in [1.82, 2.24) is 10.6 Å². The predicted octanol–water partition coefficient (Wildman–Crippen LogP) is 1.77. The van der Waals surface area contributed by atoms with Gasteiger partial charge in [0.25, 0.3) is 0 Å². The second-order valence-corrected chi connectivity index (χ2v) is 5.74. The molecule has 2 N–H and O–H groups in total. The van der Waals surface area contributed by atoms with Gasteiger partial charge in [-0.1, -0.05) is 6.92 Å². The van der Waals surface area contributed by atoms with Crippen molar-refractivity contribution in [2.45, 2.75) is 56.9 Å². The molecule has 1 aliphatic carbocycles. The number of rotatable bonds is 6. The second kappa shape index (κ2) is 7.17. The van der Waals surface area contributed by atoms with Crippen molar-refractivity contribution in [3.05, 3.63) is 0 Å². The lowest BCUT2D eigenvalue weighted by molar-refractivity contribution is -0.122. The third-order valence-corrected chi connectivity index (χ3v) is 4.22. The third-order valence-electron chi connectivity index (χ3n) is 3.13. The predicted molar refractivity (Wildman–Crippen MR) is 70.8 cm³/mol. The molecule has 1 amide bonds. The summed E-state index contributed by atoms with van der Waals surface area (Å²) < 4.78 is 0. The Kier molecular flexibility index (Phi) is 6.21. The number of carbonyl (C=O) groups is 1. The first-order chi connectivity index (χ1) is 7.65. The molecule has 1 rings (SSSR count). The van der Waals surface area contributed by atoms with E-state index < -0.39 is 0 Å². The quantitative estimate of drug-likeness (QED) is 0.748. The largest absolute Gasteiger partial charge is 0.353 e. The molecule has 1 saturated carbocycles. The van der Waals surface area contributed by atoms with Crippen LogP contribution in [0.15, 0.2) is 0 Å². The third kappa shape index (κ3) is 4.74. The second-order valence-electron chi connectivity index (χ2n) is 4.60. The van der Waals surface area contributed by atoms with E-state index in [9.17, 15) is 4.79 Å². The summed E-state index contributed by atoms with van der Waals surface area (Å²) in [5.74, 6) is 0.195. The molecular weight excluding hydrogens is 220 g/mol. The summed E-state index contributed by atoms with van der Waals surface area (Å²) in [6.07, 6.45) is 6.28. The SMILES string of the molecule is CCNC(C)CC(=O)NC1CCC(SC)C1. The Morgan fingerprint density at radius 1 is 1.50 bits per heavy atom. The molecule has 3 unspecified atom stereocenters. The van der Waals surface area contributed by atoms with Crippen LogP contribution in [0.3, 0.4) is 0 Å². The van der Waals surface area contributed by atoms with Crippen LogP contribution < -0.4 is 10.6 Å². The van der Waals surface area contributed by atoms with Crippen LogP contribution in [0.4, 0.5) is 0 Å². The van der Waals surface area contributed by atoms with E-state index in [4.69, 9.17) is 0 Å². The van der Waals surface area contributed by atoms with E-state index in [0.29, 0.717) is 12.5 Å². The van der Waals surface area contributed by atoms with Crippen molar-refractivity contribution in [2.24, 2.45) is 0 Å². The Morgan fingerprint density at radius 2 is 2.25 bits per heavy atom. The van der Waals surface area contributed by atoms with E-state index >= 15 is 0 Å². The van der Waals surface area contributed by atoms with Gasteiger partial charge in [-0.15, -0.1) is 0 Å². The van der Waals surface area contributed by atoms with Gasteiger partial charge in [-0.3, -0.25) is 4.79 Å². The smallest absolute Gasteiger partial charge is 0.221 e. The van der Waals surface area contributed by atoms with Gasteiger partial charge in [-0.25, -0.2) is 0 Å². The Labute approximate surface area is 103 Å². The first-order valence-corrected chi connectivity index (χ1v) is 7.50. The molecule has 0 heterocycles. The van der Waals surface area contributed by atoms with Crippen molar-refractivity contribution in [3.63, 3.8) is 0 Å². The highest BCUT2D eigenvalue weighted by Gasteiger charge is 2.25. The van der Waals surface area contributed by atoms with Crippen molar-refractivity contribution in [3.8, 4) is 0 Å². The maximum atomic E-state index is 11.7. The first-order valence-electron chi connectivity index (χ1n) is 6.21. The summed E-state index contributed by atoms with van der Waals surface area (Å²) in [5.41, 5.74) is 0. The monoisotopic (exact) mass is 244 g/mol. The van der Waals surface area contributed by atoms with Gasteiger partial charge >= 0.3 is 0 Å². The van der Waals surface area contributed by atoms with Gasteiger partial charge in [-0.2, -0.15) is 11.8 Å². The van der Waals surface area contributed by atoms with Crippen LogP contribution in [0.25, 0.3) is 0 Å². The molecule has 1 fully saturated rings. The fraction of sp³-hybridized carbons (Fsp3) is 0.917. The zero-order valence-electron chi connectivity index (χ0n) is 10.6. The summed E-state index contributed by atoms with van der Waals surface area (Å²) in [5, 5.41) is 7.14. The molecule has 0 saturated heterocycles. The van der Waals surface area contributed by atoms with E-state index in [-0.39, 0.29) is 11.9 Å². The molecule has 0 bridgehead atoms. The zero-order valence-corrected chi connectivity index (χ0v) is 11.4.